The number of aryl methyl sites for hydroxylation is 1. The zero-order chi connectivity index (χ0) is 8.85. The van der Waals surface area contributed by atoms with Gasteiger partial charge in [-0.15, -0.1) is 0 Å². The third-order valence-electron chi connectivity index (χ3n) is 1.13. The van der Waals surface area contributed by atoms with Gasteiger partial charge >= 0.3 is 0 Å². The summed E-state index contributed by atoms with van der Waals surface area (Å²) in [5.41, 5.74) is 0.935. The fraction of sp³-hybridized carbons (Fsp3) is 0.250. The van der Waals surface area contributed by atoms with Crippen molar-refractivity contribution in [2.75, 3.05) is 6.26 Å². The lowest BCUT2D eigenvalue weighted by Crippen LogP contribution is -1.70. The standard InChI is InChI=1S/C7H8O2.CH4S/c1-5-2-3-6(8)7(9)4-5;1-2/h2-4,8-9H,1H3;2H,1H3. The smallest absolute Gasteiger partial charge is 0.157 e. The number of phenols is 2. The Balaban J connectivity index is 0.000000461. The van der Waals surface area contributed by atoms with Crippen molar-refractivity contribution in [2.45, 2.75) is 6.92 Å². The van der Waals surface area contributed by atoms with E-state index in [1.807, 2.05) is 6.92 Å². The van der Waals surface area contributed by atoms with Gasteiger partial charge in [0.1, 0.15) is 0 Å². The maximum atomic E-state index is 8.85. The summed E-state index contributed by atoms with van der Waals surface area (Å²) in [5.74, 6) is -0.129. The molecule has 0 aromatic heterocycles. The topological polar surface area (TPSA) is 40.5 Å². The van der Waals surface area contributed by atoms with Crippen molar-refractivity contribution < 1.29 is 10.2 Å². The van der Waals surface area contributed by atoms with Gasteiger partial charge in [0.25, 0.3) is 0 Å². The van der Waals surface area contributed by atoms with Crippen LogP contribution in [-0.2, 0) is 0 Å². The van der Waals surface area contributed by atoms with Crippen molar-refractivity contribution in [3.63, 3.8) is 0 Å². The van der Waals surface area contributed by atoms with E-state index in [0.717, 1.165) is 5.56 Å². The number of benzene rings is 1. The molecule has 0 saturated heterocycles. The quantitative estimate of drug-likeness (QED) is 0.413. The monoisotopic (exact) mass is 172 g/mol. The van der Waals surface area contributed by atoms with Crippen molar-refractivity contribution in [3.05, 3.63) is 23.8 Å². The Labute approximate surface area is 71.9 Å². The Morgan fingerprint density at radius 2 is 1.64 bits per heavy atom. The molecule has 2 N–H and O–H groups in total. The first-order chi connectivity index (χ1) is 5.20. The SMILES string of the molecule is CS.Cc1ccc(O)c(O)c1. The largest absolute Gasteiger partial charge is 0.504 e. The van der Waals surface area contributed by atoms with E-state index in [1.165, 1.54) is 12.1 Å². The molecule has 1 aromatic carbocycles. The maximum absolute atomic E-state index is 8.85. The summed E-state index contributed by atoms with van der Waals surface area (Å²) in [6.45, 7) is 1.85. The van der Waals surface area contributed by atoms with E-state index in [0.29, 0.717) is 0 Å². The Kier molecular flexibility index (Phi) is 4.54. The highest BCUT2D eigenvalue weighted by molar-refractivity contribution is 7.79. The molecule has 0 radical (unpaired) electrons. The number of hydrogen-bond donors (Lipinski definition) is 3. The number of thiol groups is 1. The molecule has 0 atom stereocenters. The average molecular weight is 172 g/mol. The average Bonchev–Trinajstić information content (AvgIpc) is 2.02. The van der Waals surface area contributed by atoms with Crippen LogP contribution in [0.25, 0.3) is 0 Å². The van der Waals surface area contributed by atoms with Crippen LogP contribution in [0.1, 0.15) is 5.56 Å². The van der Waals surface area contributed by atoms with Crippen LogP contribution in [-0.4, -0.2) is 16.5 Å². The van der Waals surface area contributed by atoms with Crippen molar-refractivity contribution >= 4 is 12.6 Å². The Bertz CT molecular complexity index is 223. The van der Waals surface area contributed by atoms with Crippen molar-refractivity contribution in [1.29, 1.82) is 0 Å². The zero-order valence-electron chi connectivity index (χ0n) is 6.57. The Morgan fingerprint density at radius 3 is 2.00 bits per heavy atom. The fourth-order valence-electron chi connectivity index (χ4n) is 0.633. The molecule has 0 heterocycles. The summed E-state index contributed by atoms with van der Waals surface area (Å²) in [5, 5.41) is 17.6. The lowest BCUT2D eigenvalue weighted by atomic mass is 10.2. The minimum atomic E-state index is -0.0689. The second-order valence-electron chi connectivity index (χ2n) is 1.99. The van der Waals surface area contributed by atoms with E-state index in [9.17, 15) is 0 Å². The van der Waals surface area contributed by atoms with Gasteiger partial charge in [-0.05, 0) is 30.9 Å². The van der Waals surface area contributed by atoms with Gasteiger partial charge in [0.15, 0.2) is 11.5 Å². The van der Waals surface area contributed by atoms with Gasteiger partial charge in [-0.25, -0.2) is 0 Å². The predicted octanol–water partition coefficient (Wildman–Crippen LogP) is 1.95. The Morgan fingerprint density at radius 1 is 1.09 bits per heavy atom. The zero-order valence-corrected chi connectivity index (χ0v) is 7.47. The molecule has 0 spiro atoms. The van der Waals surface area contributed by atoms with E-state index < -0.39 is 0 Å². The summed E-state index contributed by atoms with van der Waals surface area (Å²) in [6.07, 6.45) is 1.69. The third kappa shape index (κ3) is 3.18. The molecule has 0 aliphatic carbocycles. The first-order valence-corrected chi connectivity index (χ1v) is 4.03. The number of phenolic OH excluding ortho intramolecular Hbond substituents is 2. The first kappa shape index (κ1) is 10.2. The maximum Gasteiger partial charge on any atom is 0.157 e. The highest BCUT2D eigenvalue weighted by Gasteiger charge is 1.94. The van der Waals surface area contributed by atoms with Crippen molar-refractivity contribution in [2.24, 2.45) is 0 Å². The fourth-order valence-corrected chi connectivity index (χ4v) is 0.633. The molecule has 11 heavy (non-hydrogen) atoms. The minimum absolute atomic E-state index is 0.0602. The van der Waals surface area contributed by atoms with Gasteiger partial charge < -0.3 is 10.2 Å². The second kappa shape index (κ2) is 4.91. The first-order valence-electron chi connectivity index (χ1n) is 3.13. The highest BCUT2D eigenvalue weighted by atomic mass is 32.1. The molecule has 2 nitrogen and oxygen atoms in total. The van der Waals surface area contributed by atoms with Crippen LogP contribution < -0.4 is 0 Å². The van der Waals surface area contributed by atoms with Crippen LogP contribution in [0.5, 0.6) is 11.5 Å². The number of aromatic hydroxyl groups is 2. The van der Waals surface area contributed by atoms with Gasteiger partial charge in [-0.2, -0.15) is 12.6 Å². The van der Waals surface area contributed by atoms with Gasteiger partial charge in [0.05, 0.1) is 0 Å². The lowest BCUT2D eigenvalue weighted by molar-refractivity contribution is 0.403. The van der Waals surface area contributed by atoms with Gasteiger partial charge in [-0.1, -0.05) is 6.07 Å². The van der Waals surface area contributed by atoms with E-state index in [2.05, 4.69) is 12.6 Å². The molecule has 0 saturated carbocycles. The highest BCUT2D eigenvalue weighted by Crippen LogP contribution is 2.23. The predicted molar refractivity (Wildman–Crippen MR) is 49.4 cm³/mol. The summed E-state index contributed by atoms with van der Waals surface area (Å²) in [4.78, 5) is 0. The molecule has 0 aliphatic rings. The normalized spacial score (nSPS) is 8.27. The molecule has 62 valence electrons. The second-order valence-corrected chi connectivity index (χ2v) is 1.99. The molecule has 0 fully saturated rings. The Hall–Kier alpha value is -0.830. The van der Waals surface area contributed by atoms with Crippen LogP contribution in [0, 0.1) is 6.92 Å². The van der Waals surface area contributed by atoms with Crippen LogP contribution in [0.3, 0.4) is 0 Å². The van der Waals surface area contributed by atoms with Crippen LogP contribution in [0.2, 0.25) is 0 Å². The van der Waals surface area contributed by atoms with Crippen LogP contribution >= 0.6 is 12.6 Å². The van der Waals surface area contributed by atoms with Crippen molar-refractivity contribution in [3.8, 4) is 11.5 Å². The van der Waals surface area contributed by atoms with Gasteiger partial charge in [0, 0.05) is 0 Å². The van der Waals surface area contributed by atoms with E-state index >= 15 is 0 Å². The molecule has 0 unspecified atom stereocenters. The van der Waals surface area contributed by atoms with E-state index in [1.54, 1.807) is 12.3 Å². The van der Waals surface area contributed by atoms with Gasteiger partial charge in [-0.3, -0.25) is 0 Å². The molecule has 0 aliphatic heterocycles. The van der Waals surface area contributed by atoms with Crippen LogP contribution in [0.4, 0.5) is 0 Å². The molecular formula is C8H12O2S. The summed E-state index contributed by atoms with van der Waals surface area (Å²) in [6, 6.07) is 4.70. The molecule has 0 amide bonds. The number of rotatable bonds is 0. The summed E-state index contributed by atoms with van der Waals surface area (Å²) >= 11 is 3.53. The van der Waals surface area contributed by atoms with Crippen LogP contribution in [0.15, 0.2) is 18.2 Å². The van der Waals surface area contributed by atoms with Crippen molar-refractivity contribution in [1.82, 2.24) is 0 Å². The molecule has 1 rings (SSSR count). The lowest BCUT2D eigenvalue weighted by Gasteiger charge is -1.95. The van der Waals surface area contributed by atoms with E-state index in [4.69, 9.17) is 10.2 Å². The summed E-state index contributed by atoms with van der Waals surface area (Å²) in [7, 11) is 0. The number of hydrogen-bond acceptors (Lipinski definition) is 3. The summed E-state index contributed by atoms with van der Waals surface area (Å²) < 4.78 is 0. The third-order valence-corrected chi connectivity index (χ3v) is 1.13. The molecule has 0 bridgehead atoms. The minimum Gasteiger partial charge on any atom is -0.504 e. The van der Waals surface area contributed by atoms with E-state index in [-0.39, 0.29) is 11.5 Å². The molecule has 1 aromatic rings. The molecule has 3 heteroatoms. The van der Waals surface area contributed by atoms with Gasteiger partial charge in [0.2, 0.25) is 0 Å². The molecular weight excluding hydrogens is 160 g/mol.